The van der Waals surface area contributed by atoms with Gasteiger partial charge >= 0.3 is 5.97 Å². The smallest absolute Gasteiger partial charge is 0.305 e. The molecule has 0 rings (SSSR count). The van der Waals surface area contributed by atoms with E-state index in [9.17, 15) is 13.2 Å². The first-order valence-corrected chi connectivity index (χ1v) is 7.30. The minimum Gasteiger partial charge on any atom is -0.469 e. The van der Waals surface area contributed by atoms with Gasteiger partial charge in [-0.05, 0) is 18.8 Å². The van der Waals surface area contributed by atoms with Gasteiger partial charge in [-0.15, -0.1) is 0 Å². The van der Waals surface area contributed by atoms with Crippen LogP contribution in [0.15, 0.2) is 0 Å². The zero-order chi connectivity index (χ0) is 13.7. The SMILES string of the molecule is COC(=O)CCCS(=O)(=O)NC(C)C(C)(C)C. The Bertz CT molecular complexity index is 343. The number of carbonyl (C=O) groups excluding carboxylic acids is 1. The summed E-state index contributed by atoms with van der Waals surface area (Å²) in [6.45, 7) is 7.73. The fourth-order valence-electron chi connectivity index (χ4n) is 1.01. The maximum absolute atomic E-state index is 11.7. The molecule has 6 heteroatoms. The lowest BCUT2D eigenvalue weighted by Gasteiger charge is -2.27. The van der Waals surface area contributed by atoms with Crippen LogP contribution in [0.5, 0.6) is 0 Å². The Balaban J connectivity index is 4.18. The van der Waals surface area contributed by atoms with Crippen molar-refractivity contribution < 1.29 is 17.9 Å². The Morgan fingerprint density at radius 1 is 1.35 bits per heavy atom. The molecule has 0 aromatic carbocycles. The highest BCUT2D eigenvalue weighted by atomic mass is 32.2. The summed E-state index contributed by atoms with van der Waals surface area (Å²) < 4.78 is 30.4. The van der Waals surface area contributed by atoms with Crippen LogP contribution >= 0.6 is 0 Å². The molecule has 0 aromatic heterocycles. The summed E-state index contributed by atoms with van der Waals surface area (Å²) >= 11 is 0. The van der Waals surface area contributed by atoms with E-state index in [0.717, 1.165) is 0 Å². The summed E-state index contributed by atoms with van der Waals surface area (Å²) in [6, 6.07) is -0.148. The minimum absolute atomic E-state index is 0.0531. The maximum Gasteiger partial charge on any atom is 0.305 e. The van der Waals surface area contributed by atoms with E-state index in [-0.39, 0.29) is 36.0 Å². The summed E-state index contributed by atoms with van der Waals surface area (Å²) in [5.74, 6) is -0.438. The Kier molecular flexibility index (Phi) is 6.12. The average Bonchev–Trinajstić information content (AvgIpc) is 2.14. The Labute approximate surface area is 104 Å². The van der Waals surface area contributed by atoms with E-state index in [2.05, 4.69) is 9.46 Å². The molecule has 0 aliphatic heterocycles. The van der Waals surface area contributed by atoms with Gasteiger partial charge in [0.05, 0.1) is 12.9 Å². The number of rotatable bonds is 6. The van der Waals surface area contributed by atoms with E-state index in [1.165, 1.54) is 7.11 Å². The van der Waals surface area contributed by atoms with Gasteiger partial charge in [0, 0.05) is 12.5 Å². The average molecular weight is 265 g/mol. The maximum atomic E-state index is 11.7. The van der Waals surface area contributed by atoms with Gasteiger partial charge in [-0.1, -0.05) is 20.8 Å². The molecule has 1 atom stereocenters. The number of hydrogen-bond acceptors (Lipinski definition) is 4. The van der Waals surface area contributed by atoms with Crippen LogP contribution in [-0.2, 0) is 19.6 Å². The first-order chi connectivity index (χ1) is 7.58. The number of esters is 1. The Morgan fingerprint density at radius 2 is 1.88 bits per heavy atom. The van der Waals surface area contributed by atoms with Gasteiger partial charge < -0.3 is 4.74 Å². The summed E-state index contributed by atoms with van der Waals surface area (Å²) in [5.41, 5.74) is -0.130. The molecule has 0 heterocycles. The van der Waals surface area contributed by atoms with Crippen LogP contribution in [-0.4, -0.2) is 33.3 Å². The lowest BCUT2D eigenvalue weighted by atomic mass is 9.89. The molecule has 17 heavy (non-hydrogen) atoms. The van der Waals surface area contributed by atoms with Gasteiger partial charge in [0.2, 0.25) is 10.0 Å². The van der Waals surface area contributed by atoms with Gasteiger partial charge in [0.25, 0.3) is 0 Å². The molecule has 0 aromatic rings. The summed E-state index contributed by atoms with van der Waals surface area (Å²) in [5, 5.41) is 0. The first kappa shape index (κ1) is 16.4. The van der Waals surface area contributed by atoms with Gasteiger partial charge in [0.1, 0.15) is 0 Å². The van der Waals surface area contributed by atoms with Crippen molar-refractivity contribution in [2.45, 2.75) is 46.6 Å². The predicted molar refractivity (Wildman–Crippen MR) is 67.1 cm³/mol. The molecule has 0 aliphatic carbocycles. The van der Waals surface area contributed by atoms with Crippen molar-refractivity contribution in [2.24, 2.45) is 5.41 Å². The Morgan fingerprint density at radius 3 is 2.29 bits per heavy atom. The largest absolute Gasteiger partial charge is 0.469 e. The monoisotopic (exact) mass is 265 g/mol. The molecule has 0 saturated carbocycles. The standard InChI is InChI=1S/C11H23NO4S/c1-9(11(2,3)4)12-17(14,15)8-6-7-10(13)16-5/h9,12H,6-8H2,1-5H3. The topological polar surface area (TPSA) is 72.5 Å². The normalized spacial score (nSPS) is 14.4. The summed E-state index contributed by atoms with van der Waals surface area (Å²) in [6.07, 6.45) is 0.403. The second-order valence-corrected chi connectivity index (χ2v) is 7.08. The van der Waals surface area contributed by atoms with Crippen molar-refractivity contribution >= 4 is 16.0 Å². The van der Waals surface area contributed by atoms with E-state index in [4.69, 9.17) is 0 Å². The van der Waals surface area contributed by atoms with Crippen molar-refractivity contribution in [3.8, 4) is 0 Å². The highest BCUT2D eigenvalue weighted by Gasteiger charge is 2.24. The van der Waals surface area contributed by atoms with Crippen LogP contribution in [0.4, 0.5) is 0 Å². The van der Waals surface area contributed by atoms with E-state index >= 15 is 0 Å². The third-order valence-corrected chi connectivity index (χ3v) is 4.22. The number of methoxy groups -OCH3 is 1. The zero-order valence-corrected chi connectivity index (χ0v) is 12.1. The second kappa shape index (κ2) is 6.35. The fourth-order valence-corrected chi connectivity index (χ4v) is 2.55. The Hall–Kier alpha value is -0.620. The van der Waals surface area contributed by atoms with Crippen LogP contribution in [0.3, 0.4) is 0 Å². The molecule has 0 aliphatic rings. The molecule has 0 spiro atoms. The lowest BCUT2D eigenvalue weighted by molar-refractivity contribution is -0.140. The minimum atomic E-state index is -3.33. The zero-order valence-electron chi connectivity index (χ0n) is 11.2. The van der Waals surface area contributed by atoms with E-state index in [0.29, 0.717) is 0 Å². The first-order valence-electron chi connectivity index (χ1n) is 5.65. The fraction of sp³-hybridized carbons (Fsp3) is 0.909. The van der Waals surface area contributed by atoms with E-state index < -0.39 is 10.0 Å². The molecular formula is C11H23NO4S. The number of hydrogen-bond donors (Lipinski definition) is 1. The lowest BCUT2D eigenvalue weighted by Crippen LogP contribution is -2.42. The van der Waals surface area contributed by atoms with Crippen LogP contribution in [0.1, 0.15) is 40.5 Å². The van der Waals surface area contributed by atoms with Crippen molar-refractivity contribution in [1.29, 1.82) is 0 Å². The molecule has 1 N–H and O–H groups in total. The van der Waals surface area contributed by atoms with Gasteiger partial charge in [-0.25, -0.2) is 13.1 Å². The summed E-state index contributed by atoms with van der Waals surface area (Å²) in [7, 11) is -2.04. The van der Waals surface area contributed by atoms with Crippen LogP contribution in [0, 0.1) is 5.41 Å². The van der Waals surface area contributed by atoms with Crippen molar-refractivity contribution in [3.05, 3.63) is 0 Å². The number of carbonyl (C=O) groups is 1. The molecule has 5 nitrogen and oxygen atoms in total. The van der Waals surface area contributed by atoms with Crippen molar-refractivity contribution in [2.75, 3.05) is 12.9 Å². The number of sulfonamides is 1. The second-order valence-electron chi connectivity index (χ2n) is 5.20. The predicted octanol–water partition coefficient (Wildman–Crippen LogP) is 1.29. The van der Waals surface area contributed by atoms with Crippen molar-refractivity contribution in [3.63, 3.8) is 0 Å². The molecule has 0 fully saturated rings. The van der Waals surface area contributed by atoms with Crippen LogP contribution in [0.2, 0.25) is 0 Å². The van der Waals surface area contributed by atoms with Gasteiger partial charge in [-0.3, -0.25) is 4.79 Å². The van der Waals surface area contributed by atoms with E-state index in [1.54, 1.807) is 0 Å². The quantitative estimate of drug-likeness (QED) is 0.735. The van der Waals surface area contributed by atoms with Crippen molar-refractivity contribution in [1.82, 2.24) is 4.72 Å². The van der Waals surface area contributed by atoms with Gasteiger partial charge in [0.15, 0.2) is 0 Å². The third kappa shape index (κ3) is 7.33. The number of ether oxygens (including phenoxy) is 1. The van der Waals surface area contributed by atoms with Crippen LogP contribution in [0.25, 0.3) is 0 Å². The molecule has 0 amide bonds. The molecule has 0 saturated heterocycles. The molecule has 1 unspecified atom stereocenters. The molecule has 0 bridgehead atoms. The molecule has 0 radical (unpaired) electrons. The highest BCUT2D eigenvalue weighted by molar-refractivity contribution is 7.89. The number of nitrogens with one attached hydrogen (secondary N) is 1. The van der Waals surface area contributed by atoms with Gasteiger partial charge in [-0.2, -0.15) is 0 Å². The van der Waals surface area contributed by atoms with Crippen LogP contribution < -0.4 is 4.72 Å². The summed E-state index contributed by atoms with van der Waals surface area (Å²) in [4.78, 5) is 10.8. The highest BCUT2D eigenvalue weighted by Crippen LogP contribution is 2.19. The van der Waals surface area contributed by atoms with E-state index in [1.807, 2.05) is 27.7 Å². The molecule has 102 valence electrons. The third-order valence-electron chi connectivity index (χ3n) is 2.68. The molecular weight excluding hydrogens is 242 g/mol.